The highest BCUT2D eigenvalue weighted by Crippen LogP contribution is 2.49. The monoisotopic (exact) mass is 264 g/mol. The predicted octanol–water partition coefficient (Wildman–Crippen LogP) is 2.85. The Morgan fingerprint density at radius 3 is 2.89 bits per heavy atom. The van der Waals surface area contributed by atoms with Crippen molar-refractivity contribution >= 4 is 0 Å². The van der Waals surface area contributed by atoms with Gasteiger partial charge in [0.2, 0.25) is 0 Å². The maximum absolute atomic E-state index is 13.4. The van der Waals surface area contributed by atoms with Gasteiger partial charge in [-0.15, -0.1) is 0 Å². The van der Waals surface area contributed by atoms with Gasteiger partial charge in [0.05, 0.1) is 12.7 Å². The van der Waals surface area contributed by atoms with Crippen LogP contribution in [-0.2, 0) is 11.2 Å². The molecule has 1 aliphatic heterocycles. The van der Waals surface area contributed by atoms with Crippen molar-refractivity contribution in [3.05, 3.63) is 35.1 Å². The quantitative estimate of drug-likeness (QED) is 0.906. The number of halogens is 1. The molecule has 2 nitrogen and oxygen atoms in total. The van der Waals surface area contributed by atoms with Crippen molar-refractivity contribution < 1.29 is 14.2 Å². The lowest BCUT2D eigenvalue weighted by molar-refractivity contribution is 0.000489. The van der Waals surface area contributed by atoms with Crippen LogP contribution in [0.15, 0.2) is 18.2 Å². The zero-order valence-corrected chi connectivity index (χ0v) is 11.4. The van der Waals surface area contributed by atoms with Gasteiger partial charge in [-0.25, -0.2) is 4.39 Å². The third kappa shape index (κ3) is 2.41. The molecule has 0 aromatic heterocycles. The number of aryl methyl sites for hydroxylation is 1. The molecule has 1 aromatic rings. The SMILES string of the molecule is Cc1ccc(F)cc1CC1(CO)CCOC1C1CC1. The first kappa shape index (κ1) is 13.1. The molecule has 2 fully saturated rings. The Morgan fingerprint density at radius 1 is 1.42 bits per heavy atom. The Bertz CT molecular complexity index is 470. The van der Waals surface area contributed by atoms with Gasteiger partial charge in [0.1, 0.15) is 5.82 Å². The smallest absolute Gasteiger partial charge is 0.123 e. The summed E-state index contributed by atoms with van der Waals surface area (Å²) in [4.78, 5) is 0. The van der Waals surface area contributed by atoms with Crippen LogP contribution in [0.3, 0.4) is 0 Å². The number of benzene rings is 1. The summed E-state index contributed by atoms with van der Waals surface area (Å²) < 4.78 is 19.3. The minimum atomic E-state index is -0.209. The number of aliphatic hydroxyl groups excluding tert-OH is 1. The molecular formula is C16H21FO2. The summed E-state index contributed by atoms with van der Waals surface area (Å²) in [5.74, 6) is 0.402. The standard InChI is InChI=1S/C16H21FO2/c1-11-2-5-14(17)8-13(11)9-16(10-18)6-7-19-15(16)12-3-4-12/h2,5,8,12,15,18H,3-4,6-7,9-10H2,1H3. The van der Waals surface area contributed by atoms with Gasteiger partial charge in [0.15, 0.2) is 0 Å². The molecule has 1 heterocycles. The van der Waals surface area contributed by atoms with Gasteiger partial charge >= 0.3 is 0 Å². The molecule has 1 saturated heterocycles. The highest BCUT2D eigenvalue weighted by molar-refractivity contribution is 5.28. The largest absolute Gasteiger partial charge is 0.396 e. The lowest BCUT2D eigenvalue weighted by atomic mass is 9.74. The lowest BCUT2D eigenvalue weighted by Crippen LogP contribution is -2.38. The van der Waals surface area contributed by atoms with Crippen LogP contribution in [0.25, 0.3) is 0 Å². The fraction of sp³-hybridized carbons (Fsp3) is 0.625. The highest BCUT2D eigenvalue weighted by atomic mass is 19.1. The number of hydrogen-bond donors (Lipinski definition) is 1. The summed E-state index contributed by atoms with van der Waals surface area (Å²) in [6.07, 6.45) is 4.15. The van der Waals surface area contributed by atoms with Gasteiger partial charge in [0, 0.05) is 12.0 Å². The molecule has 2 atom stereocenters. The molecule has 0 bridgehead atoms. The van der Waals surface area contributed by atoms with Crippen LogP contribution in [0.4, 0.5) is 4.39 Å². The minimum Gasteiger partial charge on any atom is -0.396 e. The van der Waals surface area contributed by atoms with Crippen molar-refractivity contribution in [2.75, 3.05) is 13.2 Å². The number of hydrogen-bond acceptors (Lipinski definition) is 2. The molecule has 0 spiro atoms. The second kappa shape index (κ2) is 4.88. The third-order valence-electron chi connectivity index (χ3n) is 4.72. The molecule has 1 saturated carbocycles. The topological polar surface area (TPSA) is 29.5 Å². The van der Waals surface area contributed by atoms with Gasteiger partial charge in [-0.2, -0.15) is 0 Å². The normalized spacial score (nSPS) is 30.8. The molecule has 1 N–H and O–H groups in total. The van der Waals surface area contributed by atoms with Crippen LogP contribution < -0.4 is 0 Å². The van der Waals surface area contributed by atoms with Gasteiger partial charge < -0.3 is 9.84 Å². The highest BCUT2D eigenvalue weighted by Gasteiger charge is 2.50. The Hall–Kier alpha value is -0.930. The Morgan fingerprint density at radius 2 is 2.21 bits per heavy atom. The third-order valence-corrected chi connectivity index (χ3v) is 4.72. The summed E-state index contributed by atoms with van der Waals surface area (Å²) >= 11 is 0. The maximum Gasteiger partial charge on any atom is 0.123 e. The van der Waals surface area contributed by atoms with Crippen LogP contribution in [0, 0.1) is 24.1 Å². The molecule has 104 valence electrons. The van der Waals surface area contributed by atoms with Gasteiger partial charge in [0.25, 0.3) is 0 Å². The first-order valence-corrected chi connectivity index (χ1v) is 7.12. The van der Waals surface area contributed by atoms with Crippen LogP contribution >= 0.6 is 0 Å². The molecule has 0 radical (unpaired) electrons. The molecule has 0 amide bonds. The zero-order valence-electron chi connectivity index (χ0n) is 11.4. The van der Waals surface area contributed by atoms with E-state index in [0.717, 1.165) is 24.2 Å². The fourth-order valence-electron chi connectivity index (χ4n) is 3.37. The van der Waals surface area contributed by atoms with Gasteiger partial charge in [-0.05, 0) is 61.8 Å². The van der Waals surface area contributed by atoms with Crippen molar-refractivity contribution in [3.63, 3.8) is 0 Å². The Kier molecular flexibility index (Phi) is 3.35. The van der Waals surface area contributed by atoms with Crippen LogP contribution in [0.2, 0.25) is 0 Å². The van der Waals surface area contributed by atoms with E-state index in [1.54, 1.807) is 6.07 Å². The van der Waals surface area contributed by atoms with E-state index in [4.69, 9.17) is 4.74 Å². The first-order valence-electron chi connectivity index (χ1n) is 7.12. The molecule has 3 rings (SSSR count). The van der Waals surface area contributed by atoms with Crippen molar-refractivity contribution in [2.24, 2.45) is 11.3 Å². The summed E-state index contributed by atoms with van der Waals surface area (Å²) in [6.45, 7) is 2.85. The summed E-state index contributed by atoms with van der Waals surface area (Å²) in [6, 6.07) is 4.92. The van der Waals surface area contributed by atoms with Crippen molar-refractivity contribution in [1.29, 1.82) is 0 Å². The van der Waals surface area contributed by atoms with Crippen molar-refractivity contribution in [1.82, 2.24) is 0 Å². The van der Waals surface area contributed by atoms with E-state index in [1.165, 1.54) is 18.9 Å². The van der Waals surface area contributed by atoms with E-state index in [9.17, 15) is 9.50 Å². The molecule has 1 aliphatic carbocycles. The van der Waals surface area contributed by atoms with E-state index >= 15 is 0 Å². The summed E-state index contributed by atoms with van der Waals surface area (Å²) in [7, 11) is 0. The molecule has 3 heteroatoms. The predicted molar refractivity (Wildman–Crippen MR) is 71.4 cm³/mol. The lowest BCUT2D eigenvalue weighted by Gasteiger charge is -2.33. The van der Waals surface area contributed by atoms with Crippen molar-refractivity contribution in [3.8, 4) is 0 Å². The average molecular weight is 264 g/mol. The second-order valence-corrected chi connectivity index (χ2v) is 6.15. The molecule has 19 heavy (non-hydrogen) atoms. The van der Waals surface area contributed by atoms with E-state index in [2.05, 4.69) is 0 Å². The van der Waals surface area contributed by atoms with E-state index in [0.29, 0.717) is 12.3 Å². The van der Waals surface area contributed by atoms with E-state index < -0.39 is 0 Å². The Labute approximate surface area is 113 Å². The van der Waals surface area contributed by atoms with Gasteiger partial charge in [-0.1, -0.05) is 6.07 Å². The zero-order chi connectivity index (χ0) is 13.5. The molecule has 2 aliphatic rings. The molecule has 1 aromatic carbocycles. The number of aliphatic hydroxyl groups is 1. The van der Waals surface area contributed by atoms with Crippen LogP contribution in [0.1, 0.15) is 30.4 Å². The van der Waals surface area contributed by atoms with E-state index in [-0.39, 0.29) is 23.9 Å². The second-order valence-electron chi connectivity index (χ2n) is 6.15. The number of ether oxygens (including phenoxy) is 1. The van der Waals surface area contributed by atoms with Gasteiger partial charge in [-0.3, -0.25) is 0 Å². The van der Waals surface area contributed by atoms with Crippen molar-refractivity contribution in [2.45, 2.75) is 38.7 Å². The number of rotatable bonds is 4. The summed E-state index contributed by atoms with van der Waals surface area (Å²) in [5, 5.41) is 9.91. The molecule has 2 unspecified atom stereocenters. The maximum atomic E-state index is 13.4. The first-order chi connectivity index (χ1) is 9.14. The Balaban J connectivity index is 1.87. The minimum absolute atomic E-state index is 0.129. The van der Waals surface area contributed by atoms with E-state index in [1.807, 2.05) is 13.0 Å². The molecular weight excluding hydrogens is 243 g/mol. The summed E-state index contributed by atoms with van der Waals surface area (Å²) in [5.41, 5.74) is 1.89. The fourth-order valence-corrected chi connectivity index (χ4v) is 3.37. The van der Waals surface area contributed by atoms with Crippen LogP contribution in [-0.4, -0.2) is 24.4 Å². The van der Waals surface area contributed by atoms with Crippen LogP contribution in [0.5, 0.6) is 0 Å². The average Bonchev–Trinajstić information content (AvgIpc) is 3.16.